The summed E-state index contributed by atoms with van der Waals surface area (Å²) in [6.45, 7) is 8.08. The van der Waals surface area contributed by atoms with Crippen LogP contribution in [0, 0.1) is 5.41 Å². The maximum atomic E-state index is 12.9. The molecule has 0 unspecified atom stereocenters. The molecule has 0 radical (unpaired) electrons. The van der Waals surface area contributed by atoms with Gasteiger partial charge >= 0.3 is 0 Å². The standard InChI is InChI=1S/C25H32N4O4/c1-25(2)15-21(30)19(22(31)16-25)17-26-8-9-27-10-12-28(13-11-27)20-14-23(32)29(24(20)33)18-6-4-3-5-7-18/h3-7,17,20,30H,8-16H2,1-2H3/p-1/t20-/m0/s1. The summed E-state index contributed by atoms with van der Waals surface area (Å²) in [5, 5.41) is 12.2. The number of hydrogen-bond acceptors (Lipinski definition) is 7. The summed E-state index contributed by atoms with van der Waals surface area (Å²) in [6, 6.07) is 8.67. The van der Waals surface area contributed by atoms with Crippen LogP contribution >= 0.6 is 0 Å². The normalized spacial score (nSPS) is 25.0. The minimum Gasteiger partial charge on any atom is -0.875 e. The largest absolute Gasteiger partial charge is 0.875 e. The molecule has 0 N–H and O–H groups in total. The summed E-state index contributed by atoms with van der Waals surface area (Å²) >= 11 is 0. The second-order valence-corrected chi connectivity index (χ2v) is 9.81. The zero-order valence-electron chi connectivity index (χ0n) is 19.3. The van der Waals surface area contributed by atoms with Crippen LogP contribution in [-0.4, -0.2) is 78.9 Å². The van der Waals surface area contributed by atoms with Crippen LogP contribution in [0.15, 0.2) is 46.7 Å². The van der Waals surface area contributed by atoms with E-state index >= 15 is 0 Å². The van der Waals surface area contributed by atoms with E-state index in [4.69, 9.17) is 0 Å². The van der Waals surface area contributed by atoms with Gasteiger partial charge in [-0.05, 0) is 24.0 Å². The number of anilines is 1. The monoisotopic (exact) mass is 451 g/mol. The van der Waals surface area contributed by atoms with Crippen LogP contribution in [0.3, 0.4) is 0 Å². The third-order valence-corrected chi connectivity index (χ3v) is 6.63. The molecule has 1 aliphatic carbocycles. The van der Waals surface area contributed by atoms with Gasteiger partial charge in [0.05, 0.1) is 24.7 Å². The molecular weight excluding hydrogens is 420 g/mol. The molecule has 8 heteroatoms. The summed E-state index contributed by atoms with van der Waals surface area (Å²) in [4.78, 5) is 47.6. The summed E-state index contributed by atoms with van der Waals surface area (Å²) in [5.41, 5.74) is 0.587. The lowest BCUT2D eigenvalue weighted by molar-refractivity contribution is -0.311. The molecule has 2 saturated heterocycles. The van der Waals surface area contributed by atoms with Gasteiger partial charge in [0.2, 0.25) is 5.91 Å². The molecule has 2 heterocycles. The second-order valence-electron chi connectivity index (χ2n) is 9.81. The van der Waals surface area contributed by atoms with E-state index in [1.807, 2.05) is 32.0 Å². The highest BCUT2D eigenvalue weighted by Gasteiger charge is 2.43. The number of rotatable bonds is 6. The predicted molar refractivity (Wildman–Crippen MR) is 124 cm³/mol. The summed E-state index contributed by atoms with van der Waals surface area (Å²) in [5.74, 6) is -0.533. The molecule has 2 aliphatic heterocycles. The maximum absolute atomic E-state index is 12.9. The number of hydrogen-bond donors (Lipinski definition) is 0. The highest BCUT2D eigenvalue weighted by molar-refractivity contribution is 6.22. The molecule has 0 bridgehead atoms. The third-order valence-electron chi connectivity index (χ3n) is 6.63. The van der Waals surface area contributed by atoms with Crippen molar-refractivity contribution in [1.29, 1.82) is 0 Å². The Morgan fingerprint density at radius 1 is 1.06 bits per heavy atom. The zero-order chi connectivity index (χ0) is 23.6. The van der Waals surface area contributed by atoms with E-state index in [0.29, 0.717) is 38.2 Å². The number of Topliss-reactive ketones (excluding diaryl/α,β-unsaturated/α-hetero) is 1. The molecule has 0 aromatic heterocycles. The van der Waals surface area contributed by atoms with Gasteiger partial charge in [-0.2, -0.15) is 0 Å². The fraction of sp³-hybridized carbons (Fsp3) is 0.520. The summed E-state index contributed by atoms with van der Waals surface area (Å²) in [6.07, 6.45) is 2.44. The van der Waals surface area contributed by atoms with E-state index in [1.54, 1.807) is 12.1 Å². The van der Waals surface area contributed by atoms with Crippen molar-refractivity contribution in [3.05, 3.63) is 41.7 Å². The van der Waals surface area contributed by atoms with Crippen LogP contribution in [-0.2, 0) is 14.4 Å². The van der Waals surface area contributed by atoms with Gasteiger partial charge in [0, 0.05) is 50.9 Å². The molecule has 4 rings (SSSR count). The molecule has 2 amide bonds. The van der Waals surface area contributed by atoms with Crippen LogP contribution in [0.5, 0.6) is 0 Å². The first-order chi connectivity index (χ1) is 15.7. The number of amides is 2. The fourth-order valence-corrected chi connectivity index (χ4v) is 4.82. The van der Waals surface area contributed by atoms with Crippen molar-refractivity contribution in [3.8, 4) is 0 Å². The van der Waals surface area contributed by atoms with E-state index in [9.17, 15) is 19.5 Å². The van der Waals surface area contributed by atoms with Crippen LogP contribution < -0.4 is 10.0 Å². The molecule has 2 fully saturated rings. The van der Waals surface area contributed by atoms with Gasteiger partial charge in [-0.25, -0.2) is 4.90 Å². The minimum atomic E-state index is -0.401. The van der Waals surface area contributed by atoms with Crippen LogP contribution in [0.25, 0.3) is 0 Å². The molecule has 1 aromatic rings. The first-order valence-electron chi connectivity index (χ1n) is 11.6. The third kappa shape index (κ3) is 5.23. The number of piperazine rings is 1. The number of para-hydroxylation sites is 1. The number of imide groups is 1. The molecule has 1 atom stereocenters. The van der Waals surface area contributed by atoms with Gasteiger partial charge in [0.25, 0.3) is 5.91 Å². The first-order valence-corrected chi connectivity index (χ1v) is 11.6. The average molecular weight is 452 g/mol. The van der Waals surface area contributed by atoms with Crippen molar-refractivity contribution in [1.82, 2.24) is 9.80 Å². The molecule has 3 aliphatic rings. The Morgan fingerprint density at radius 3 is 2.42 bits per heavy atom. The van der Waals surface area contributed by atoms with Crippen molar-refractivity contribution >= 4 is 29.5 Å². The number of carbonyl (C=O) groups is 3. The van der Waals surface area contributed by atoms with Crippen molar-refractivity contribution in [3.63, 3.8) is 0 Å². The van der Waals surface area contributed by atoms with Crippen LogP contribution in [0.2, 0.25) is 0 Å². The van der Waals surface area contributed by atoms with E-state index in [0.717, 1.165) is 19.6 Å². The average Bonchev–Trinajstić information content (AvgIpc) is 3.07. The van der Waals surface area contributed by atoms with Gasteiger partial charge in [-0.3, -0.25) is 29.2 Å². The number of aliphatic imine (C=N–C) groups is 1. The molecule has 176 valence electrons. The molecule has 33 heavy (non-hydrogen) atoms. The van der Waals surface area contributed by atoms with Crippen molar-refractivity contribution < 1.29 is 19.5 Å². The Balaban J connectivity index is 1.25. The number of carbonyl (C=O) groups excluding carboxylic acids is 3. The van der Waals surface area contributed by atoms with Crippen molar-refractivity contribution in [2.45, 2.75) is 39.2 Å². The van der Waals surface area contributed by atoms with Gasteiger partial charge in [0.15, 0.2) is 5.78 Å². The van der Waals surface area contributed by atoms with Crippen LogP contribution in [0.1, 0.15) is 33.1 Å². The van der Waals surface area contributed by atoms with Crippen molar-refractivity contribution in [2.75, 3.05) is 44.2 Å². The smallest absolute Gasteiger partial charge is 0.251 e. The van der Waals surface area contributed by atoms with E-state index in [-0.39, 0.29) is 40.8 Å². The Labute approximate surface area is 194 Å². The lowest BCUT2D eigenvalue weighted by Gasteiger charge is -2.36. The molecule has 0 saturated carbocycles. The predicted octanol–water partition coefficient (Wildman–Crippen LogP) is 1.01. The Morgan fingerprint density at radius 2 is 1.76 bits per heavy atom. The second kappa shape index (κ2) is 9.57. The summed E-state index contributed by atoms with van der Waals surface area (Å²) in [7, 11) is 0. The highest BCUT2D eigenvalue weighted by atomic mass is 16.3. The lowest BCUT2D eigenvalue weighted by Crippen LogP contribution is -2.52. The van der Waals surface area contributed by atoms with Crippen LogP contribution in [0.4, 0.5) is 5.69 Å². The van der Waals surface area contributed by atoms with Gasteiger partial charge < -0.3 is 5.11 Å². The Kier molecular flexibility index (Phi) is 6.76. The SMILES string of the molecule is CC1(C)CC(=O)C(C=NCCN2CCN([C@H]3CC(=O)N(c4ccccc4)C3=O)CC2)=C([O-])C1. The first kappa shape index (κ1) is 23.3. The quantitative estimate of drug-likeness (QED) is 0.473. The van der Waals surface area contributed by atoms with Crippen molar-refractivity contribution in [2.24, 2.45) is 10.4 Å². The number of benzene rings is 1. The molecule has 0 spiro atoms. The number of allylic oxidation sites excluding steroid dienone is 2. The van der Waals surface area contributed by atoms with E-state index in [2.05, 4.69) is 14.8 Å². The van der Waals surface area contributed by atoms with E-state index < -0.39 is 6.04 Å². The summed E-state index contributed by atoms with van der Waals surface area (Å²) < 4.78 is 0. The fourth-order valence-electron chi connectivity index (χ4n) is 4.82. The number of ketones is 1. The molecule has 1 aromatic carbocycles. The number of nitrogens with zero attached hydrogens (tertiary/aromatic N) is 4. The maximum Gasteiger partial charge on any atom is 0.251 e. The molecular formula is C25H31N4O4-. The highest BCUT2D eigenvalue weighted by Crippen LogP contribution is 2.34. The topological polar surface area (TPSA) is 96.4 Å². The van der Waals surface area contributed by atoms with Gasteiger partial charge in [-0.15, -0.1) is 5.76 Å². The lowest BCUT2D eigenvalue weighted by atomic mass is 9.77. The van der Waals surface area contributed by atoms with Gasteiger partial charge in [-0.1, -0.05) is 32.0 Å². The zero-order valence-corrected chi connectivity index (χ0v) is 19.3. The van der Waals surface area contributed by atoms with E-state index in [1.165, 1.54) is 11.1 Å². The Bertz CT molecular complexity index is 977. The van der Waals surface area contributed by atoms with Gasteiger partial charge in [0.1, 0.15) is 0 Å². The Hall–Kier alpha value is -2.84. The molecule has 8 nitrogen and oxygen atoms in total. The minimum absolute atomic E-state index is 0.117.